The lowest BCUT2D eigenvalue weighted by molar-refractivity contribution is 0.273. The van der Waals surface area contributed by atoms with Crippen LogP contribution in [0.3, 0.4) is 0 Å². The number of rotatable bonds is 2. The monoisotopic (exact) mass is 164 g/mol. The van der Waals surface area contributed by atoms with Gasteiger partial charge in [-0.05, 0) is 30.5 Å². The molecule has 12 heavy (non-hydrogen) atoms. The number of aliphatic hydroxyl groups excluding tert-OH is 1. The van der Waals surface area contributed by atoms with Gasteiger partial charge in [0.15, 0.2) is 0 Å². The van der Waals surface area contributed by atoms with Gasteiger partial charge >= 0.3 is 0 Å². The molecule has 0 aliphatic carbocycles. The van der Waals surface area contributed by atoms with Gasteiger partial charge in [-0.2, -0.15) is 0 Å². The van der Waals surface area contributed by atoms with Crippen molar-refractivity contribution in [2.75, 3.05) is 6.61 Å². The number of aryl methyl sites for hydroxylation is 2. The van der Waals surface area contributed by atoms with Crippen molar-refractivity contribution in [2.45, 2.75) is 26.7 Å². The van der Waals surface area contributed by atoms with Crippen LogP contribution in [0.5, 0.6) is 0 Å². The molecule has 0 amide bonds. The molecule has 1 rings (SSSR count). The van der Waals surface area contributed by atoms with Crippen molar-refractivity contribution in [2.24, 2.45) is 0 Å². The van der Waals surface area contributed by atoms with Gasteiger partial charge < -0.3 is 5.11 Å². The third kappa shape index (κ3) is 1.86. The van der Waals surface area contributed by atoms with Crippen molar-refractivity contribution in [3.63, 3.8) is 0 Å². The van der Waals surface area contributed by atoms with E-state index in [1.807, 2.05) is 6.92 Å². The van der Waals surface area contributed by atoms with Crippen LogP contribution in [0.2, 0.25) is 0 Å². The Balaban J connectivity index is 2.96. The Morgan fingerprint density at radius 1 is 1.25 bits per heavy atom. The highest BCUT2D eigenvalue weighted by Crippen LogP contribution is 2.17. The van der Waals surface area contributed by atoms with E-state index >= 15 is 0 Å². The predicted molar refractivity (Wildman–Crippen MR) is 51.4 cm³/mol. The van der Waals surface area contributed by atoms with Gasteiger partial charge in [-0.1, -0.05) is 25.1 Å². The molecule has 0 aliphatic heterocycles. The van der Waals surface area contributed by atoms with Crippen LogP contribution in [0.25, 0.3) is 0 Å². The summed E-state index contributed by atoms with van der Waals surface area (Å²) >= 11 is 0. The van der Waals surface area contributed by atoms with E-state index < -0.39 is 0 Å². The summed E-state index contributed by atoms with van der Waals surface area (Å²) in [5, 5.41) is 8.95. The molecule has 1 nitrogen and oxygen atoms in total. The largest absolute Gasteiger partial charge is 0.396 e. The highest BCUT2D eigenvalue weighted by Gasteiger charge is 2.03. The van der Waals surface area contributed by atoms with Gasteiger partial charge in [-0.25, -0.2) is 0 Å². The summed E-state index contributed by atoms with van der Waals surface area (Å²) in [6.07, 6.45) is 0. The maximum absolute atomic E-state index is 8.95. The van der Waals surface area contributed by atoms with E-state index in [1.54, 1.807) is 0 Å². The van der Waals surface area contributed by atoms with Gasteiger partial charge in [0.2, 0.25) is 0 Å². The summed E-state index contributed by atoms with van der Waals surface area (Å²) in [5.74, 6) is 0.254. The van der Waals surface area contributed by atoms with Crippen LogP contribution >= 0.6 is 0 Å². The average molecular weight is 164 g/mol. The molecule has 0 aromatic heterocycles. The fourth-order valence-corrected chi connectivity index (χ4v) is 1.18. The van der Waals surface area contributed by atoms with E-state index in [4.69, 9.17) is 5.11 Å². The van der Waals surface area contributed by atoms with E-state index in [2.05, 4.69) is 32.0 Å². The minimum Gasteiger partial charge on any atom is -0.396 e. The molecular formula is C11H16O. The molecule has 1 aromatic carbocycles. The quantitative estimate of drug-likeness (QED) is 0.711. The molecule has 1 aromatic rings. The van der Waals surface area contributed by atoms with Gasteiger partial charge in [0.25, 0.3) is 0 Å². The van der Waals surface area contributed by atoms with Crippen molar-refractivity contribution >= 4 is 0 Å². The van der Waals surface area contributed by atoms with E-state index in [9.17, 15) is 0 Å². The molecule has 0 fully saturated rings. The fourth-order valence-electron chi connectivity index (χ4n) is 1.18. The van der Waals surface area contributed by atoms with Crippen LogP contribution in [0, 0.1) is 13.8 Å². The first-order valence-corrected chi connectivity index (χ1v) is 4.33. The molecule has 0 saturated heterocycles. The minimum atomic E-state index is 0.225. The summed E-state index contributed by atoms with van der Waals surface area (Å²) in [7, 11) is 0. The molecule has 0 aliphatic rings. The van der Waals surface area contributed by atoms with Crippen LogP contribution in [-0.2, 0) is 0 Å². The van der Waals surface area contributed by atoms with Gasteiger partial charge in [0.1, 0.15) is 0 Å². The lowest BCUT2D eigenvalue weighted by Crippen LogP contribution is -1.99. The lowest BCUT2D eigenvalue weighted by Gasteiger charge is -2.10. The Hall–Kier alpha value is -0.820. The van der Waals surface area contributed by atoms with Crippen molar-refractivity contribution in [1.29, 1.82) is 0 Å². The van der Waals surface area contributed by atoms with Crippen molar-refractivity contribution < 1.29 is 5.11 Å². The van der Waals surface area contributed by atoms with Gasteiger partial charge in [0, 0.05) is 12.5 Å². The smallest absolute Gasteiger partial charge is 0.0497 e. The van der Waals surface area contributed by atoms with Gasteiger partial charge in [0.05, 0.1) is 0 Å². The summed E-state index contributed by atoms with van der Waals surface area (Å²) in [5.41, 5.74) is 3.83. The SMILES string of the molecule is Cc1ccc([C@H](C)CO)cc1C. The Morgan fingerprint density at radius 2 is 1.92 bits per heavy atom. The normalized spacial score (nSPS) is 13.0. The second kappa shape index (κ2) is 3.72. The molecular weight excluding hydrogens is 148 g/mol. The molecule has 0 unspecified atom stereocenters. The number of benzene rings is 1. The molecule has 1 N–H and O–H groups in total. The molecule has 66 valence electrons. The topological polar surface area (TPSA) is 20.2 Å². The van der Waals surface area contributed by atoms with Crippen LogP contribution < -0.4 is 0 Å². The number of hydrogen-bond donors (Lipinski definition) is 1. The van der Waals surface area contributed by atoms with E-state index in [0.717, 1.165) is 0 Å². The number of aliphatic hydroxyl groups is 1. The van der Waals surface area contributed by atoms with Gasteiger partial charge in [-0.3, -0.25) is 0 Å². The molecule has 0 saturated carbocycles. The molecule has 1 heteroatoms. The molecule has 0 radical (unpaired) electrons. The summed E-state index contributed by atoms with van der Waals surface area (Å²) in [6.45, 7) is 6.46. The fraction of sp³-hybridized carbons (Fsp3) is 0.455. The zero-order valence-corrected chi connectivity index (χ0v) is 7.96. The summed E-state index contributed by atoms with van der Waals surface area (Å²) < 4.78 is 0. The van der Waals surface area contributed by atoms with Crippen LogP contribution in [-0.4, -0.2) is 11.7 Å². The zero-order valence-electron chi connectivity index (χ0n) is 7.96. The predicted octanol–water partition coefficient (Wildman–Crippen LogP) is 2.40. The lowest BCUT2D eigenvalue weighted by atomic mass is 9.98. The van der Waals surface area contributed by atoms with Crippen LogP contribution in [0.1, 0.15) is 29.5 Å². The molecule has 0 spiro atoms. The van der Waals surface area contributed by atoms with Crippen molar-refractivity contribution in [3.05, 3.63) is 34.9 Å². The Bertz CT molecular complexity index is 266. The molecule has 1 atom stereocenters. The van der Waals surface area contributed by atoms with E-state index in [1.165, 1.54) is 16.7 Å². The Labute approximate surface area is 74.1 Å². The first-order valence-electron chi connectivity index (χ1n) is 4.33. The second-order valence-corrected chi connectivity index (χ2v) is 3.43. The van der Waals surface area contributed by atoms with Gasteiger partial charge in [-0.15, -0.1) is 0 Å². The second-order valence-electron chi connectivity index (χ2n) is 3.43. The van der Waals surface area contributed by atoms with Crippen LogP contribution in [0.4, 0.5) is 0 Å². The van der Waals surface area contributed by atoms with E-state index in [-0.39, 0.29) is 12.5 Å². The first-order chi connectivity index (χ1) is 5.65. The van der Waals surface area contributed by atoms with Crippen LogP contribution in [0.15, 0.2) is 18.2 Å². The Morgan fingerprint density at radius 3 is 2.42 bits per heavy atom. The molecule has 0 heterocycles. The highest BCUT2D eigenvalue weighted by atomic mass is 16.3. The third-order valence-corrected chi connectivity index (χ3v) is 2.37. The maximum atomic E-state index is 8.95. The first kappa shape index (κ1) is 9.27. The third-order valence-electron chi connectivity index (χ3n) is 2.37. The van der Waals surface area contributed by atoms with Crippen molar-refractivity contribution in [3.8, 4) is 0 Å². The standard InChI is InChI=1S/C11H16O/c1-8-4-5-11(6-9(8)2)10(3)7-12/h4-6,10,12H,7H2,1-3H3/t10-/m1/s1. The Kier molecular flexibility index (Phi) is 2.88. The summed E-state index contributed by atoms with van der Waals surface area (Å²) in [4.78, 5) is 0. The maximum Gasteiger partial charge on any atom is 0.0497 e. The van der Waals surface area contributed by atoms with E-state index in [0.29, 0.717) is 0 Å². The number of hydrogen-bond acceptors (Lipinski definition) is 1. The zero-order chi connectivity index (χ0) is 9.14. The average Bonchev–Trinajstić information content (AvgIpc) is 2.08. The van der Waals surface area contributed by atoms with Crippen molar-refractivity contribution in [1.82, 2.24) is 0 Å². The summed E-state index contributed by atoms with van der Waals surface area (Å²) in [6, 6.07) is 6.34. The highest BCUT2D eigenvalue weighted by molar-refractivity contribution is 5.31. The molecule has 0 bridgehead atoms. The minimum absolute atomic E-state index is 0.225.